The molecule has 0 bridgehead atoms. The first-order valence-corrected chi connectivity index (χ1v) is 4.80. The zero-order valence-corrected chi connectivity index (χ0v) is 9.19. The van der Waals surface area contributed by atoms with Crippen molar-refractivity contribution in [1.29, 1.82) is 0 Å². The monoisotopic (exact) mass is 205 g/mol. The molecule has 0 fully saturated rings. The number of hydrogen-bond donors (Lipinski definition) is 1. The van der Waals surface area contributed by atoms with Gasteiger partial charge in [-0.05, 0) is 24.3 Å². The second-order valence-electron chi connectivity index (χ2n) is 3.51. The molecule has 80 valence electrons. The van der Waals surface area contributed by atoms with Gasteiger partial charge in [0.15, 0.2) is 0 Å². The summed E-state index contributed by atoms with van der Waals surface area (Å²) >= 11 is 0. The Morgan fingerprint density at radius 3 is 2.27 bits per heavy atom. The summed E-state index contributed by atoms with van der Waals surface area (Å²) < 4.78 is 5.12. The predicted octanol–water partition coefficient (Wildman–Crippen LogP) is 1.29. The van der Waals surface area contributed by atoms with Crippen molar-refractivity contribution < 1.29 is 4.74 Å². The molecule has 1 N–H and O–H groups in total. The molecule has 0 unspecified atom stereocenters. The fourth-order valence-corrected chi connectivity index (χ4v) is 1.62. The van der Waals surface area contributed by atoms with Crippen LogP contribution in [0.15, 0.2) is 30.5 Å². The van der Waals surface area contributed by atoms with E-state index in [4.69, 9.17) is 4.74 Å². The Hall–Kier alpha value is -1.68. The van der Waals surface area contributed by atoms with Crippen LogP contribution in [0.25, 0.3) is 5.70 Å². The maximum Gasteiger partial charge on any atom is 0.118 e. The molecule has 0 atom stereocenters. The normalized spacial score (nSPS) is 15.5. The molecule has 0 aliphatic carbocycles. The summed E-state index contributed by atoms with van der Waals surface area (Å²) in [6, 6.07) is 8.01. The average molecular weight is 205 g/mol. The van der Waals surface area contributed by atoms with E-state index >= 15 is 0 Å². The van der Waals surface area contributed by atoms with Gasteiger partial charge in [-0.25, -0.2) is 0 Å². The van der Waals surface area contributed by atoms with Gasteiger partial charge in [0.25, 0.3) is 0 Å². The number of ether oxygens (including phenoxy) is 1. The van der Waals surface area contributed by atoms with Crippen LogP contribution in [0.5, 0.6) is 5.75 Å². The number of rotatable bonds is 2. The number of nitrogens with one attached hydrogen (secondary N) is 1. The predicted molar refractivity (Wildman–Crippen MR) is 59.6 cm³/mol. The quantitative estimate of drug-likeness (QED) is 0.787. The Morgan fingerprint density at radius 1 is 1.13 bits per heavy atom. The molecule has 0 spiro atoms. The van der Waals surface area contributed by atoms with Crippen LogP contribution in [0.3, 0.4) is 0 Å². The van der Waals surface area contributed by atoms with Crippen molar-refractivity contribution in [3.63, 3.8) is 0 Å². The molecule has 15 heavy (non-hydrogen) atoms. The van der Waals surface area contributed by atoms with Gasteiger partial charge in [0, 0.05) is 25.9 Å². The first-order chi connectivity index (χ1) is 7.20. The molecule has 1 heterocycles. The van der Waals surface area contributed by atoms with E-state index in [1.54, 1.807) is 7.11 Å². The Balaban J connectivity index is 2.26. The van der Waals surface area contributed by atoms with Crippen LogP contribution in [0, 0.1) is 0 Å². The van der Waals surface area contributed by atoms with Crippen molar-refractivity contribution in [1.82, 2.24) is 15.6 Å². The number of hydrazine groups is 2. The largest absolute Gasteiger partial charge is 0.497 e. The highest BCUT2D eigenvalue weighted by molar-refractivity contribution is 5.64. The van der Waals surface area contributed by atoms with Crippen molar-refractivity contribution in [3.8, 4) is 5.75 Å². The van der Waals surface area contributed by atoms with E-state index in [2.05, 4.69) is 5.53 Å². The molecule has 2 rings (SSSR count). The van der Waals surface area contributed by atoms with Gasteiger partial charge in [0.1, 0.15) is 5.75 Å². The first-order valence-electron chi connectivity index (χ1n) is 4.80. The van der Waals surface area contributed by atoms with Crippen molar-refractivity contribution in [2.24, 2.45) is 0 Å². The van der Waals surface area contributed by atoms with Crippen molar-refractivity contribution in [3.05, 3.63) is 36.0 Å². The third-order valence-corrected chi connectivity index (χ3v) is 2.37. The summed E-state index contributed by atoms with van der Waals surface area (Å²) in [5, 5.41) is 3.89. The summed E-state index contributed by atoms with van der Waals surface area (Å²) in [6.07, 6.45) is 2.04. The van der Waals surface area contributed by atoms with Gasteiger partial charge < -0.3 is 4.74 Å². The molecule has 1 aromatic carbocycles. The third-order valence-electron chi connectivity index (χ3n) is 2.37. The molecule has 4 nitrogen and oxygen atoms in total. The van der Waals surface area contributed by atoms with E-state index in [1.807, 2.05) is 54.6 Å². The molecular formula is C11H15N3O. The van der Waals surface area contributed by atoms with Crippen LogP contribution < -0.4 is 10.3 Å². The summed E-state index contributed by atoms with van der Waals surface area (Å²) in [7, 11) is 5.62. The molecule has 0 saturated carbocycles. The van der Waals surface area contributed by atoms with E-state index < -0.39 is 0 Å². The SMILES string of the molecule is COc1ccc(C2=CN(C)NN2C)cc1. The lowest BCUT2D eigenvalue weighted by molar-refractivity contribution is 0.199. The Bertz CT molecular complexity index is 372. The highest BCUT2D eigenvalue weighted by atomic mass is 16.5. The smallest absolute Gasteiger partial charge is 0.118 e. The van der Waals surface area contributed by atoms with Crippen LogP contribution in [0.4, 0.5) is 0 Å². The molecule has 0 amide bonds. The van der Waals surface area contributed by atoms with Gasteiger partial charge in [0.05, 0.1) is 12.8 Å². The van der Waals surface area contributed by atoms with Crippen LogP contribution in [0.2, 0.25) is 0 Å². The van der Waals surface area contributed by atoms with E-state index in [-0.39, 0.29) is 0 Å². The summed E-state index contributed by atoms with van der Waals surface area (Å²) in [5.74, 6) is 0.876. The van der Waals surface area contributed by atoms with Gasteiger partial charge in [-0.1, -0.05) is 0 Å². The Morgan fingerprint density at radius 2 is 1.80 bits per heavy atom. The maximum absolute atomic E-state index is 5.12. The molecule has 0 saturated heterocycles. The number of hydrogen-bond acceptors (Lipinski definition) is 4. The minimum Gasteiger partial charge on any atom is -0.497 e. The molecule has 4 heteroatoms. The van der Waals surface area contributed by atoms with Gasteiger partial charge >= 0.3 is 0 Å². The zero-order valence-electron chi connectivity index (χ0n) is 9.19. The van der Waals surface area contributed by atoms with Crippen molar-refractivity contribution in [2.75, 3.05) is 21.2 Å². The van der Waals surface area contributed by atoms with Gasteiger partial charge in [-0.15, -0.1) is 5.53 Å². The zero-order chi connectivity index (χ0) is 10.8. The first kappa shape index (κ1) is 9.86. The molecule has 1 aliphatic heterocycles. The minimum atomic E-state index is 0.876. The standard InChI is InChI=1S/C11H15N3O/c1-13-8-11(14(2)12-13)9-4-6-10(15-3)7-5-9/h4-8,12H,1-3H3. The fraction of sp³-hybridized carbons (Fsp3) is 0.273. The highest BCUT2D eigenvalue weighted by Crippen LogP contribution is 2.22. The van der Waals surface area contributed by atoms with Crippen molar-refractivity contribution >= 4 is 5.70 Å². The van der Waals surface area contributed by atoms with Crippen LogP contribution in [-0.2, 0) is 0 Å². The lowest BCUT2D eigenvalue weighted by Gasteiger charge is -2.17. The van der Waals surface area contributed by atoms with Crippen LogP contribution in [0.1, 0.15) is 5.56 Å². The molecule has 1 aliphatic rings. The summed E-state index contributed by atoms with van der Waals surface area (Å²) in [6.45, 7) is 0. The fourth-order valence-electron chi connectivity index (χ4n) is 1.62. The third kappa shape index (κ3) is 1.89. The lowest BCUT2D eigenvalue weighted by Crippen LogP contribution is -2.35. The lowest BCUT2D eigenvalue weighted by atomic mass is 10.1. The molecular weight excluding hydrogens is 190 g/mol. The van der Waals surface area contributed by atoms with E-state index in [0.29, 0.717) is 0 Å². The van der Waals surface area contributed by atoms with Crippen LogP contribution >= 0.6 is 0 Å². The summed E-state index contributed by atoms with van der Waals surface area (Å²) in [5.41, 5.74) is 5.44. The molecule has 0 radical (unpaired) electrons. The van der Waals surface area contributed by atoms with Crippen molar-refractivity contribution in [2.45, 2.75) is 0 Å². The highest BCUT2D eigenvalue weighted by Gasteiger charge is 2.15. The van der Waals surface area contributed by atoms with E-state index in [1.165, 1.54) is 0 Å². The minimum absolute atomic E-state index is 0.876. The van der Waals surface area contributed by atoms with Crippen LogP contribution in [-0.4, -0.2) is 31.2 Å². The summed E-state index contributed by atoms with van der Waals surface area (Å²) in [4.78, 5) is 0. The number of benzene rings is 1. The number of methoxy groups -OCH3 is 1. The molecule has 1 aromatic rings. The van der Waals surface area contributed by atoms with Gasteiger partial charge in [-0.2, -0.15) is 0 Å². The molecule has 0 aromatic heterocycles. The number of nitrogens with zero attached hydrogens (tertiary/aromatic N) is 2. The van der Waals surface area contributed by atoms with Gasteiger partial charge in [-0.3, -0.25) is 10.0 Å². The van der Waals surface area contributed by atoms with Gasteiger partial charge in [0.2, 0.25) is 0 Å². The van der Waals surface area contributed by atoms with E-state index in [0.717, 1.165) is 17.0 Å². The topological polar surface area (TPSA) is 27.7 Å². The Kier molecular flexibility index (Phi) is 2.51. The maximum atomic E-state index is 5.12. The Labute approximate surface area is 89.7 Å². The second-order valence-corrected chi connectivity index (χ2v) is 3.51. The average Bonchev–Trinajstić information content (AvgIpc) is 2.58. The second kappa shape index (κ2) is 3.82. The van der Waals surface area contributed by atoms with E-state index in [9.17, 15) is 0 Å².